The van der Waals surface area contributed by atoms with Gasteiger partial charge in [-0.25, -0.2) is 0 Å². The molecule has 14 heteroatoms. The van der Waals surface area contributed by atoms with E-state index in [4.69, 9.17) is 17.3 Å². The van der Waals surface area contributed by atoms with Gasteiger partial charge in [-0.2, -0.15) is 0 Å². The van der Waals surface area contributed by atoms with E-state index < -0.39 is 76.0 Å². The molecule has 0 saturated heterocycles. The van der Waals surface area contributed by atoms with Crippen LogP contribution in [0.5, 0.6) is 5.75 Å². The molecule has 1 aromatic rings. The first-order valence-electron chi connectivity index (χ1n) is 14.6. The fraction of sp³-hybridized carbons (Fsp3) is 0.600. The van der Waals surface area contributed by atoms with Crippen molar-refractivity contribution in [1.82, 2.24) is 10.2 Å². The second-order valence-corrected chi connectivity index (χ2v) is 13.5. The number of halogens is 1. The van der Waals surface area contributed by atoms with E-state index >= 15 is 0 Å². The van der Waals surface area contributed by atoms with Crippen LogP contribution in [-0.4, -0.2) is 102 Å². The smallest absolute Gasteiger partial charge is 0.238 e. The first-order valence-corrected chi connectivity index (χ1v) is 15.0. The van der Waals surface area contributed by atoms with Gasteiger partial charge in [-0.1, -0.05) is 18.5 Å². The number of nitrogens with one attached hydrogen (secondary N) is 2. The van der Waals surface area contributed by atoms with Crippen molar-refractivity contribution in [2.75, 3.05) is 45.0 Å². The highest BCUT2D eigenvalue weighted by atomic mass is 35.5. The lowest BCUT2D eigenvalue weighted by atomic mass is 9.52. The number of ketones is 4. The monoisotopic (exact) mass is 631 g/mol. The van der Waals surface area contributed by atoms with Crippen LogP contribution < -0.4 is 21.3 Å². The second-order valence-electron chi connectivity index (χ2n) is 13.1. The van der Waals surface area contributed by atoms with Crippen LogP contribution in [0.15, 0.2) is 0 Å². The molecule has 4 aliphatic rings. The number of benzene rings is 1. The van der Waals surface area contributed by atoms with Gasteiger partial charge in [0.15, 0.2) is 40.4 Å². The van der Waals surface area contributed by atoms with Crippen molar-refractivity contribution in [3.63, 3.8) is 0 Å². The molecular formula is C30H38ClN5O8. The number of aliphatic hydroxyl groups is 1. The zero-order chi connectivity index (χ0) is 32.6. The predicted octanol–water partition coefficient (Wildman–Crippen LogP) is -0.0870. The molecule has 13 nitrogen and oxygen atoms in total. The molecule has 4 aliphatic carbocycles. The number of carbonyl (C=O) groups is 6. The Balaban J connectivity index is 1.56. The van der Waals surface area contributed by atoms with Gasteiger partial charge >= 0.3 is 0 Å². The van der Waals surface area contributed by atoms with Gasteiger partial charge in [-0.3, -0.25) is 33.7 Å². The van der Waals surface area contributed by atoms with Crippen LogP contribution in [-0.2, 0) is 30.4 Å². The Morgan fingerprint density at radius 3 is 2.25 bits per heavy atom. The molecule has 0 heterocycles. The number of aromatic hydroxyl groups is 1. The quantitative estimate of drug-likeness (QED) is 0.199. The van der Waals surface area contributed by atoms with Crippen molar-refractivity contribution < 1.29 is 39.0 Å². The summed E-state index contributed by atoms with van der Waals surface area (Å²) in [6.07, 6.45) is 1.84. The highest BCUT2D eigenvalue weighted by molar-refractivity contribution is 6.38. The number of Topliss-reactive ketones (excluding diaryl/α,β-unsaturated/α-hetero) is 4. The number of carbonyl (C=O) groups excluding carboxylic acids is 6. The lowest BCUT2D eigenvalue weighted by Crippen LogP contribution is -2.74. The van der Waals surface area contributed by atoms with Crippen LogP contribution in [0.1, 0.15) is 42.1 Å². The molecule has 4 unspecified atom stereocenters. The molecule has 6 N–H and O–H groups in total. The minimum Gasteiger partial charge on any atom is -0.505 e. The van der Waals surface area contributed by atoms with Gasteiger partial charge in [0.2, 0.25) is 11.8 Å². The maximum absolute atomic E-state index is 14.2. The first kappa shape index (κ1) is 32.0. The first-order chi connectivity index (χ1) is 20.5. The average Bonchev–Trinajstić information content (AvgIpc) is 2.89. The molecule has 3 fully saturated rings. The van der Waals surface area contributed by atoms with Crippen LogP contribution in [0.2, 0.25) is 5.02 Å². The summed E-state index contributed by atoms with van der Waals surface area (Å²) in [5.74, 6) is -11.6. The van der Waals surface area contributed by atoms with Crippen molar-refractivity contribution in [2.45, 2.75) is 50.3 Å². The minimum atomic E-state index is -2.83. The van der Waals surface area contributed by atoms with Crippen molar-refractivity contribution in [3.8, 4) is 5.75 Å². The number of hydrogen-bond donors (Lipinski definition) is 5. The number of phenolic OH excluding ortho intramolecular Hbond substituents is 1. The van der Waals surface area contributed by atoms with Crippen molar-refractivity contribution in [3.05, 3.63) is 16.1 Å². The minimum absolute atomic E-state index is 0.000229. The van der Waals surface area contributed by atoms with Crippen LogP contribution in [0.4, 0.5) is 11.4 Å². The van der Waals surface area contributed by atoms with Gasteiger partial charge < -0.3 is 31.5 Å². The topological polar surface area (TPSA) is 199 Å². The molecule has 0 radical (unpaired) electrons. The Morgan fingerprint density at radius 1 is 1.07 bits per heavy atom. The summed E-state index contributed by atoms with van der Waals surface area (Å²) in [5.41, 5.74) is 2.79. The van der Waals surface area contributed by atoms with Crippen molar-refractivity contribution >= 4 is 57.9 Å². The van der Waals surface area contributed by atoms with E-state index in [0.717, 1.165) is 12.8 Å². The van der Waals surface area contributed by atoms with E-state index in [2.05, 4.69) is 17.6 Å². The van der Waals surface area contributed by atoms with Crippen molar-refractivity contribution in [1.29, 1.82) is 0 Å². The number of fused-ring (bicyclic) bond motifs is 3. The largest absolute Gasteiger partial charge is 0.505 e. The van der Waals surface area contributed by atoms with Crippen LogP contribution in [0.25, 0.3) is 0 Å². The van der Waals surface area contributed by atoms with E-state index in [0.29, 0.717) is 17.2 Å². The molecule has 3 saturated carbocycles. The molecule has 1 aromatic carbocycles. The predicted molar refractivity (Wildman–Crippen MR) is 160 cm³/mol. The SMILES string of the molecule is CC1CC(NCC(=O)Nc2c(O)c3c(c(N(C)C)c2Cl)CC2CC4[C@H](N(C)C)C(=O)C(C(N)=O)C(=O)[C@@]4(O)C(=O)C2C3=O)C1. The van der Waals surface area contributed by atoms with Gasteiger partial charge in [0, 0.05) is 26.1 Å². The Labute approximate surface area is 259 Å². The zero-order valence-corrected chi connectivity index (χ0v) is 26.0. The van der Waals surface area contributed by atoms with Crippen LogP contribution in [0.3, 0.4) is 0 Å². The average molecular weight is 632 g/mol. The summed E-state index contributed by atoms with van der Waals surface area (Å²) in [6.45, 7) is 2.06. The maximum Gasteiger partial charge on any atom is 0.238 e. The third-order valence-corrected chi connectivity index (χ3v) is 10.1. The van der Waals surface area contributed by atoms with Crippen LogP contribution in [0, 0.1) is 29.6 Å². The number of likely N-dealkylation sites (N-methyl/N-ethyl adjacent to an activating group) is 1. The molecule has 238 valence electrons. The number of phenols is 1. The van der Waals surface area contributed by atoms with Gasteiger partial charge in [0.05, 0.1) is 34.8 Å². The van der Waals surface area contributed by atoms with E-state index in [1.54, 1.807) is 19.0 Å². The van der Waals surface area contributed by atoms with E-state index in [-0.39, 0.29) is 41.7 Å². The second kappa shape index (κ2) is 11.2. The molecule has 0 aromatic heterocycles. The Bertz CT molecular complexity index is 1490. The molecule has 44 heavy (non-hydrogen) atoms. The lowest BCUT2D eigenvalue weighted by molar-refractivity contribution is -0.181. The van der Waals surface area contributed by atoms with Gasteiger partial charge in [0.1, 0.15) is 5.69 Å². The standard InChI is InChI=1S/C30H38ClN5O8/c1-11-6-13(7-11)33-10-16(37)34-21-20(31)22(35(2)3)14-8-12-9-15-23(36(4)5)26(40)19(29(32)43)28(42)30(15,44)27(41)17(12)24(38)18(14)25(21)39/h11-13,15,17,19,23,33,39,44H,6-10H2,1-5H3,(H2,32,43)(H,34,37)/t11?,12?,13?,15?,17?,19?,23-,30-/m0/s1. The van der Waals surface area contributed by atoms with E-state index in [9.17, 15) is 39.0 Å². The molecule has 0 bridgehead atoms. The number of rotatable bonds is 7. The van der Waals surface area contributed by atoms with Gasteiger partial charge in [0.25, 0.3) is 0 Å². The molecule has 6 atom stereocenters. The Morgan fingerprint density at radius 2 is 1.70 bits per heavy atom. The lowest BCUT2D eigenvalue weighted by Gasteiger charge is -2.52. The number of nitrogens with two attached hydrogens (primary N) is 1. The van der Waals surface area contributed by atoms with Gasteiger partial charge in [-0.15, -0.1) is 0 Å². The fourth-order valence-electron chi connectivity index (χ4n) is 7.76. The van der Waals surface area contributed by atoms with E-state index in [1.165, 1.54) is 19.0 Å². The van der Waals surface area contributed by atoms with Gasteiger partial charge in [-0.05, 0) is 57.2 Å². The Kier molecular flexibility index (Phi) is 8.15. The fourth-order valence-corrected chi connectivity index (χ4v) is 8.18. The Hall–Kier alpha value is -3.39. The molecule has 0 spiro atoms. The number of amides is 2. The summed E-state index contributed by atoms with van der Waals surface area (Å²) >= 11 is 6.75. The molecule has 5 rings (SSSR count). The molecular weight excluding hydrogens is 594 g/mol. The number of anilines is 2. The third kappa shape index (κ3) is 4.72. The number of primary amides is 1. The summed E-state index contributed by atoms with van der Waals surface area (Å²) in [5, 5.41) is 28.9. The summed E-state index contributed by atoms with van der Waals surface area (Å²) in [6, 6.07) is -0.999. The molecule has 2 amide bonds. The van der Waals surface area contributed by atoms with Crippen LogP contribution >= 0.6 is 11.6 Å². The van der Waals surface area contributed by atoms with E-state index in [1.807, 2.05) is 0 Å². The summed E-state index contributed by atoms with van der Waals surface area (Å²) in [7, 11) is 6.40. The normalized spacial score (nSPS) is 32.9. The number of nitrogens with zero attached hydrogens (tertiary/aromatic N) is 2. The zero-order valence-electron chi connectivity index (χ0n) is 25.3. The molecule has 0 aliphatic heterocycles. The van der Waals surface area contributed by atoms with Crippen molar-refractivity contribution in [2.24, 2.45) is 35.3 Å². The summed E-state index contributed by atoms with van der Waals surface area (Å²) < 4.78 is 0. The maximum atomic E-state index is 14.2. The third-order valence-electron chi connectivity index (χ3n) is 9.78. The number of hydrogen-bond acceptors (Lipinski definition) is 11. The highest BCUT2D eigenvalue weighted by Gasteiger charge is 2.69. The highest BCUT2D eigenvalue weighted by Crippen LogP contribution is 2.54. The summed E-state index contributed by atoms with van der Waals surface area (Å²) in [4.78, 5) is 83.1.